The van der Waals surface area contributed by atoms with E-state index in [1.54, 1.807) is 6.08 Å². The van der Waals surface area contributed by atoms with Crippen molar-refractivity contribution >= 4 is 17.9 Å². The van der Waals surface area contributed by atoms with Crippen molar-refractivity contribution < 1.29 is 28.6 Å². The van der Waals surface area contributed by atoms with Crippen LogP contribution in [-0.2, 0) is 28.6 Å². The standard InChI is InChI=1S/C75H118O6/c1-4-7-10-13-16-19-22-25-28-30-31-32-33-34-35-36-37-38-39-40-41-42-43-45-47-50-53-56-59-62-65-68-74(77)80-71-72(70-79-73(76)67-64-61-58-55-52-49-46-27-24-21-18-15-12-9-6-3)81-75(78)69-66-63-60-57-54-51-48-44-29-26-23-20-17-14-11-8-5-2/h7,9-10,12,16,18-19,21,25,27-28,31-32,34-35,37-38,40-41,43,45-46,50,52-53,55,61,64,72H,4-6,8,11,13-15,17,20,22-24,26,29-30,33,36,39,42,44,47-49,51,54,56-60,62-63,65-71H2,1-3H3/b10-7-,12-9-,19-16-,21-18-,28-25-,32-31-,35-34-,38-37-,41-40-,45-43-,46-27-,53-50-,55-52-,64-61-. The predicted octanol–water partition coefficient (Wildman–Crippen LogP) is 22.7. The lowest BCUT2D eigenvalue weighted by Gasteiger charge is -2.18. The summed E-state index contributed by atoms with van der Waals surface area (Å²) in [7, 11) is 0. The summed E-state index contributed by atoms with van der Waals surface area (Å²) in [4.78, 5) is 38.2. The molecule has 0 fully saturated rings. The minimum Gasteiger partial charge on any atom is -0.462 e. The molecule has 0 saturated heterocycles. The first-order valence-electron chi connectivity index (χ1n) is 32.6. The van der Waals surface area contributed by atoms with Gasteiger partial charge in [0.25, 0.3) is 0 Å². The Morgan fingerprint density at radius 1 is 0.272 bits per heavy atom. The minimum atomic E-state index is -0.840. The Kier molecular flexibility index (Phi) is 62.9. The monoisotopic (exact) mass is 1110 g/mol. The van der Waals surface area contributed by atoms with E-state index < -0.39 is 12.1 Å². The van der Waals surface area contributed by atoms with Gasteiger partial charge in [0.05, 0.1) is 6.42 Å². The molecule has 0 saturated carbocycles. The first kappa shape index (κ1) is 75.8. The fraction of sp³-hybridized carbons (Fsp3) is 0.587. The van der Waals surface area contributed by atoms with Crippen LogP contribution in [0.1, 0.15) is 265 Å². The van der Waals surface area contributed by atoms with E-state index in [0.717, 1.165) is 135 Å². The van der Waals surface area contributed by atoms with Crippen molar-refractivity contribution in [1.82, 2.24) is 0 Å². The molecule has 0 bridgehead atoms. The van der Waals surface area contributed by atoms with Gasteiger partial charge in [-0.15, -0.1) is 0 Å². The normalized spacial score (nSPS) is 13.3. The lowest BCUT2D eigenvalue weighted by molar-refractivity contribution is -0.166. The van der Waals surface area contributed by atoms with Crippen LogP contribution < -0.4 is 0 Å². The number of carbonyl (C=O) groups excluding carboxylic acids is 3. The molecule has 0 spiro atoms. The zero-order chi connectivity index (χ0) is 58.5. The van der Waals surface area contributed by atoms with Gasteiger partial charge in [0.1, 0.15) is 13.2 Å². The van der Waals surface area contributed by atoms with Crippen LogP contribution in [0.3, 0.4) is 0 Å². The average Bonchev–Trinajstić information content (AvgIpc) is 3.47. The van der Waals surface area contributed by atoms with Crippen molar-refractivity contribution in [3.8, 4) is 0 Å². The van der Waals surface area contributed by atoms with Crippen LogP contribution >= 0.6 is 0 Å². The number of ether oxygens (including phenoxy) is 3. The number of unbranched alkanes of at least 4 members (excludes halogenated alkanes) is 19. The fourth-order valence-electron chi connectivity index (χ4n) is 8.45. The number of rotatable bonds is 57. The molecular formula is C75H118O6. The summed E-state index contributed by atoms with van der Waals surface area (Å²) in [6.07, 6.45) is 99.6. The van der Waals surface area contributed by atoms with Gasteiger partial charge in [-0.25, -0.2) is 0 Å². The largest absolute Gasteiger partial charge is 0.462 e. The van der Waals surface area contributed by atoms with Gasteiger partial charge in [-0.05, 0) is 116 Å². The molecule has 6 heteroatoms. The molecule has 0 radical (unpaired) electrons. The van der Waals surface area contributed by atoms with Crippen molar-refractivity contribution in [2.24, 2.45) is 0 Å². The topological polar surface area (TPSA) is 78.9 Å². The van der Waals surface area contributed by atoms with E-state index in [-0.39, 0.29) is 31.6 Å². The highest BCUT2D eigenvalue weighted by atomic mass is 16.6. The summed E-state index contributed by atoms with van der Waals surface area (Å²) in [5, 5.41) is 0. The van der Waals surface area contributed by atoms with E-state index in [0.29, 0.717) is 12.8 Å². The van der Waals surface area contributed by atoms with Crippen molar-refractivity contribution in [2.75, 3.05) is 13.2 Å². The first-order chi connectivity index (χ1) is 40.0. The molecule has 0 heterocycles. The van der Waals surface area contributed by atoms with Gasteiger partial charge in [0, 0.05) is 12.8 Å². The lowest BCUT2D eigenvalue weighted by Crippen LogP contribution is -2.30. The Labute approximate surface area is 498 Å². The van der Waals surface area contributed by atoms with E-state index in [1.165, 1.54) is 89.9 Å². The highest BCUT2D eigenvalue weighted by Gasteiger charge is 2.19. The van der Waals surface area contributed by atoms with Crippen molar-refractivity contribution in [3.63, 3.8) is 0 Å². The van der Waals surface area contributed by atoms with Crippen molar-refractivity contribution in [1.29, 1.82) is 0 Å². The number of hydrogen-bond acceptors (Lipinski definition) is 6. The maximum absolute atomic E-state index is 12.9. The third kappa shape index (κ3) is 65.5. The molecule has 81 heavy (non-hydrogen) atoms. The summed E-state index contributed by atoms with van der Waals surface area (Å²) >= 11 is 0. The molecular weight excluding hydrogens is 997 g/mol. The van der Waals surface area contributed by atoms with Gasteiger partial charge < -0.3 is 14.2 Å². The Balaban J connectivity index is 4.48. The Bertz CT molecular complexity index is 1860. The number of carbonyl (C=O) groups is 3. The van der Waals surface area contributed by atoms with Crippen LogP contribution in [0.15, 0.2) is 170 Å². The first-order valence-corrected chi connectivity index (χ1v) is 32.6. The molecule has 0 aliphatic rings. The van der Waals surface area contributed by atoms with E-state index >= 15 is 0 Å². The third-order valence-electron chi connectivity index (χ3n) is 13.2. The SMILES string of the molecule is CC/C=C\C/C=C\C/C=C\C/C=C\C/C=C\C/C=C\C/C=C\C/C=C\C/C=C\CCCCCC(=O)OCC(COC(=O)C/C=C\C/C=C\C/C=C\C/C=C\C/C=C\CC)OC(=O)CCCCCCCCCCCCCCCCCCC. The van der Waals surface area contributed by atoms with Crippen LogP contribution in [0.4, 0.5) is 0 Å². The zero-order valence-electron chi connectivity index (χ0n) is 52.0. The second kappa shape index (κ2) is 67.3. The third-order valence-corrected chi connectivity index (χ3v) is 13.2. The van der Waals surface area contributed by atoms with Crippen LogP contribution in [-0.4, -0.2) is 37.2 Å². The summed E-state index contributed by atoms with van der Waals surface area (Å²) in [6.45, 7) is 6.30. The summed E-state index contributed by atoms with van der Waals surface area (Å²) in [5.41, 5.74) is 0. The molecule has 0 amide bonds. The van der Waals surface area contributed by atoms with E-state index in [4.69, 9.17) is 14.2 Å². The van der Waals surface area contributed by atoms with Crippen molar-refractivity contribution in [2.45, 2.75) is 271 Å². The van der Waals surface area contributed by atoms with Gasteiger partial charge in [-0.2, -0.15) is 0 Å². The molecule has 6 nitrogen and oxygen atoms in total. The molecule has 0 aromatic carbocycles. The van der Waals surface area contributed by atoms with E-state index in [2.05, 4.69) is 179 Å². The molecule has 0 N–H and O–H groups in total. The summed E-state index contributed by atoms with van der Waals surface area (Å²) in [5.74, 6) is -1.09. The fourth-order valence-corrected chi connectivity index (χ4v) is 8.45. The number of allylic oxidation sites excluding steroid dienone is 27. The molecule has 1 unspecified atom stereocenters. The van der Waals surface area contributed by atoms with Crippen LogP contribution in [0.25, 0.3) is 0 Å². The quantitative estimate of drug-likeness (QED) is 0.0261. The van der Waals surface area contributed by atoms with E-state index in [1.807, 2.05) is 6.08 Å². The molecule has 454 valence electrons. The Morgan fingerprint density at radius 3 is 0.864 bits per heavy atom. The number of esters is 3. The maximum atomic E-state index is 12.9. The molecule has 0 aromatic rings. The highest BCUT2D eigenvalue weighted by molar-refractivity contribution is 5.72. The highest BCUT2D eigenvalue weighted by Crippen LogP contribution is 2.15. The second-order valence-corrected chi connectivity index (χ2v) is 20.9. The Morgan fingerprint density at radius 2 is 0.531 bits per heavy atom. The van der Waals surface area contributed by atoms with Gasteiger partial charge in [0.2, 0.25) is 0 Å². The van der Waals surface area contributed by atoms with Crippen LogP contribution in [0.2, 0.25) is 0 Å². The molecule has 0 rings (SSSR count). The molecule has 0 aliphatic heterocycles. The summed E-state index contributed by atoms with van der Waals surface area (Å²) in [6, 6.07) is 0. The number of hydrogen-bond donors (Lipinski definition) is 0. The van der Waals surface area contributed by atoms with Crippen molar-refractivity contribution in [3.05, 3.63) is 170 Å². The molecule has 0 aliphatic carbocycles. The second-order valence-electron chi connectivity index (χ2n) is 20.9. The molecule has 0 aromatic heterocycles. The maximum Gasteiger partial charge on any atom is 0.309 e. The van der Waals surface area contributed by atoms with Crippen LogP contribution in [0.5, 0.6) is 0 Å². The van der Waals surface area contributed by atoms with Gasteiger partial charge in [-0.3, -0.25) is 14.4 Å². The predicted molar refractivity (Wildman–Crippen MR) is 352 cm³/mol. The Hall–Kier alpha value is -5.23. The smallest absolute Gasteiger partial charge is 0.309 e. The average molecular weight is 1120 g/mol. The van der Waals surface area contributed by atoms with Gasteiger partial charge in [0.15, 0.2) is 6.10 Å². The van der Waals surface area contributed by atoms with Gasteiger partial charge >= 0.3 is 17.9 Å². The molecule has 1 atom stereocenters. The zero-order valence-corrected chi connectivity index (χ0v) is 52.0. The lowest BCUT2D eigenvalue weighted by atomic mass is 10.0. The van der Waals surface area contributed by atoms with Crippen LogP contribution in [0, 0.1) is 0 Å². The van der Waals surface area contributed by atoms with E-state index in [9.17, 15) is 14.4 Å². The minimum absolute atomic E-state index is 0.115. The summed E-state index contributed by atoms with van der Waals surface area (Å²) < 4.78 is 16.8. The van der Waals surface area contributed by atoms with Gasteiger partial charge in [-0.1, -0.05) is 300 Å².